The quantitative estimate of drug-likeness (QED) is 0.344. The summed E-state index contributed by atoms with van der Waals surface area (Å²) in [5, 5.41) is 0. The van der Waals surface area contributed by atoms with Crippen LogP contribution in [0.15, 0.2) is 23.8 Å². The molecule has 0 saturated heterocycles. The lowest BCUT2D eigenvalue weighted by Crippen LogP contribution is -1.86. The van der Waals surface area contributed by atoms with Gasteiger partial charge in [0.2, 0.25) is 0 Å². The molecule has 0 bridgehead atoms. The van der Waals surface area contributed by atoms with Gasteiger partial charge in [0.1, 0.15) is 6.29 Å². The van der Waals surface area contributed by atoms with Crippen LogP contribution in [0.25, 0.3) is 0 Å². The van der Waals surface area contributed by atoms with Crippen molar-refractivity contribution in [3.05, 3.63) is 23.8 Å². The van der Waals surface area contributed by atoms with Crippen LogP contribution in [-0.2, 0) is 4.79 Å². The maximum Gasteiger partial charge on any atom is 0.142 e. The molecule has 0 N–H and O–H groups in total. The van der Waals surface area contributed by atoms with Crippen molar-refractivity contribution in [2.75, 3.05) is 0 Å². The van der Waals surface area contributed by atoms with Gasteiger partial charge in [-0.25, -0.2) is 0 Å². The Morgan fingerprint density at radius 3 is 2.64 bits per heavy atom. The first kappa shape index (κ1) is 10.2. The molecule has 0 fully saturated rings. The standard InChI is InChI=1S/C10H16O/c1-4-9(2)8-10(3)6-5-7-11/h5-9H,4H2,1-3H3. The van der Waals surface area contributed by atoms with Crippen molar-refractivity contribution in [2.24, 2.45) is 5.92 Å². The summed E-state index contributed by atoms with van der Waals surface area (Å²) >= 11 is 0. The molecule has 62 valence electrons. The van der Waals surface area contributed by atoms with Crippen LogP contribution in [-0.4, -0.2) is 6.29 Å². The third-order valence-corrected chi connectivity index (χ3v) is 1.63. The molecule has 1 heteroatoms. The summed E-state index contributed by atoms with van der Waals surface area (Å²) in [5.41, 5.74) is 1.16. The first-order chi connectivity index (χ1) is 5.20. The molecule has 0 aromatic heterocycles. The van der Waals surface area contributed by atoms with Crippen LogP contribution in [0.4, 0.5) is 0 Å². The van der Waals surface area contributed by atoms with Gasteiger partial charge in [0.05, 0.1) is 0 Å². The molecule has 0 saturated carbocycles. The molecule has 0 aromatic carbocycles. The lowest BCUT2D eigenvalue weighted by molar-refractivity contribution is -0.104. The van der Waals surface area contributed by atoms with Crippen molar-refractivity contribution in [3.63, 3.8) is 0 Å². The molecular formula is C10H16O. The zero-order valence-corrected chi connectivity index (χ0v) is 7.50. The molecule has 0 aliphatic carbocycles. The highest BCUT2D eigenvalue weighted by atomic mass is 16.1. The molecule has 0 rings (SSSR count). The third-order valence-electron chi connectivity index (χ3n) is 1.63. The Morgan fingerprint density at radius 2 is 2.18 bits per heavy atom. The predicted octanol–water partition coefficient (Wildman–Crippen LogP) is 2.73. The summed E-state index contributed by atoms with van der Waals surface area (Å²) in [6, 6.07) is 0. The van der Waals surface area contributed by atoms with E-state index in [2.05, 4.69) is 19.9 Å². The van der Waals surface area contributed by atoms with Gasteiger partial charge in [0, 0.05) is 0 Å². The van der Waals surface area contributed by atoms with Gasteiger partial charge in [-0.05, 0) is 18.9 Å². The van der Waals surface area contributed by atoms with E-state index in [0.717, 1.165) is 18.3 Å². The van der Waals surface area contributed by atoms with Gasteiger partial charge >= 0.3 is 0 Å². The predicted molar refractivity (Wildman–Crippen MR) is 48.4 cm³/mol. The Bertz CT molecular complexity index is 166. The lowest BCUT2D eigenvalue weighted by Gasteiger charge is -2.00. The van der Waals surface area contributed by atoms with Crippen LogP contribution in [0.1, 0.15) is 27.2 Å². The Kier molecular flexibility index (Phi) is 5.44. The fourth-order valence-electron chi connectivity index (χ4n) is 0.813. The fourth-order valence-corrected chi connectivity index (χ4v) is 0.813. The number of carbonyl (C=O) groups excluding carboxylic acids is 1. The number of hydrogen-bond donors (Lipinski definition) is 0. The summed E-state index contributed by atoms with van der Waals surface area (Å²) in [6.07, 6.45) is 7.47. The van der Waals surface area contributed by atoms with E-state index in [1.165, 1.54) is 6.08 Å². The molecule has 1 unspecified atom stereocenters. The van der Waals surface area contributed by atoms with E-state index in [0.29, 0.717) is 5.92 Å². The average Bonchev–Trinajstić information content (AvgIpc) is 2.00. The number of carbonyl (C=O) groups is 1. The molecule has 11 heavy (non-hydrogen) atoms. The van der Waals surface area contributed by atoms with Gasteiger partial charge in [-0.15, -0.1) is 0 Å². The highest BCUT2D eigenvalue weighted by Crippen LogP contribution is 2.06. The number of rotatable bonds is 4. The average molecular weight is 152 g/mol. The second-order valence-electron chi connectivity index (χ2n) is 2.79. The van der Waals surface area contributed by atoms with Gasteiger partial charge in [-0.1, -0.05) is 38.0 Å². The van der Waals surface area contributed by atoms with E-state index < -0.39 is 0 Å². The van der Waals surface area contributed by atoms with Crippen LogP contribution in [0.5, 0.6) is 0 Å². The molecule has 0 heterocycles. The smallest absolute Gasteiger partial charge is 0.142 e. The highest BCUT2D eigenvalue weighted by molar-refractivity contribution is 5.65. The Hall–Kier alpha value is -0.850. The number of aldehydes is 1. The molecule has 0 spiro atoms. The molecule has 0 amide bonds. The second-order valence-corrected chi connectivity index (χ2v) is 2.79. The monoisotopic (exact) mass is 152 g/mol. The molecular weight excluding hydrogens is 136 g/mol. The zero-order chi connectivity index (χ0) is 8.69. The first-order valence-electron chi connectivity index (χ1n) is 4.01. The topological polar surface area (TPSA) is 17.1 Å². The van der Waals surface area contributed by atoms with Gasteiger partial charge in [0.25, 0.3) is 0 Å². The number of hydrogen-bond acceptors (Lipinski definition) is 1. The van der Waals surface area contributed by atoms with Gasteiger partial charge in [0.15, 0.2) is 0 Å². The fraction of sp³-hybridized carbons (Fsp3) is 0.500. The summed E-state index contributed by atoms with van der Waals surface area (Å²) in [6.45, 7) is 6.32. The molecule has 0 aromatic rings. The minimum atomic E-state index is 0.603. The van der Waals surface area contributed by atoms with Gasteiger partial charge in [-0.2, -0.15) is 0 Å². The van der Waals surface area contributed by atoms with Crippen LogP contribution < -0.4 is 0 Å². The van der Waals surface area contributed by atoms with Crippen molar-refractivity contribution >= 4 is 6.29 Å². The SMILES string of the molecule is CCC(C)C=C(C)C=CC=O. The van der Waals surface area contributed by atoms with E-state index in [9.17, 15) is 4.79 Å². The zero-order valence-electron chi connectivity index (χ0n) is 7.50. The molecule has 1 atom stereocenters. The van der Waals surface area contributed by atoms with E-state index in [-0.39, 0.29) is 0 Å². The van der Waals surface area contributed by atoms with E-state index in [4.69, 9.17) is 0 Å². The van der Waals surface area contributed by atoms with Crippen molar-refractivity contribution in [3.8, 4) is 0 Å². The maximum atomic E-state index is 9.95. The summed E-state index contributed by atoms with van der Waals surface area (Å²) < 4.78 is 0. The molecule has 0 aliphatic rings. The highest BCUT2D eigenvalue weighted by Gasteiger charge is 1.91. The van der Waals surface area contributed by atoms with Gasteiger partial charge < -0.3 is 0 Å². The molecule has 1 nitrogen and oxygen atoms in total. The Morgan fingerprint density at radius 1 is 1.55 bits per heavy atom. The molecule has 0 radical (unpaired) electrons. The summed E-state index contributed by atoms with van der Waals surface area (Å²) in [7, 11) is 0. The van der Waals surface area contributed by atoms with E-state index >= 15 is 0 Å². The van der Waals surface area contributed by atoms with E-state index in [1.54, 1.807) is 0 Å². The van der Waals surface area contributed by atoms with Crippen molar-refractivity contribution < 1.29 is 4.79 Å². The largest absolute Gasteiger partial charge is 0.299 e. The third kappa shape index (κ3) is 5.59. The Labute approximate surface area is 68.8 Å². The number of allylic oxidation sites excluding steroid dienone is 4. The normalized spacial score (nSPS) is 15.4. The summed E-state index contributed by atoms with van der Waals surface area (Å²) in [5.74, 6) is 0.603. The first-order valence-corrected chi connectivity index (χ1v) is 4.01. The van der Waals surface area contributed by atoms with Crippen LogP contribution in [0.3, 0.4) is 0 Å². The maximum absolute atomic E-state index is 9.95. The Balaban J connectivity index is 3.98. The van der Waals surface area contributed by atoms with Crippen molar-refractivity contribution in [2.45, 2.75) is 27.2 Å². The second kappa shape index (κ2) is 5.90. The summed E-state index contributed by atoms with van der Waals surface area (Å²) in [4.78, 5) is 9.95. The lowest BCUT2D eigenvalue weighted by atomic mass is 10.1. The minimum absolute atomic E-state index is 0.603. The van der Waals surface area contributed by atoms with Crippen molar-refractivity contribution in [1.82, 2.24) is 0 Å². The van der Waals surface area contributed by atoms with Crippen LogP contribution >= 0.6 is 0 Å². The van der Waals surface area contributed by atoms with Crippen LogP contribution in [0, 0.1) is 5.92 Å². The molecule has 0 aliphatic heterocycles. The van der Waals surface area contributed by atoms with Crippen LogP contribution in [0.2, 0.25) is 0 Å². The minimum Gasteiger partial charge on any atom is -0.299 e. The van der Waals surface area contributed by atoms with E-state index in [1.807, 2.05) is 13.0 Å². The van der Waals surface area contributed by atoms with Crippen molar-refractivity contribution in [1.29, 1.82) is 0 Å². The van der Waals surface area contributed by atoms with Gasteiger partial charge in [-0.3, -0.25) is 4.79 Å².